The van der Waals surface area contributed by atoms with Crippen LogP contribution < -0.4 is 0 Å². The van der Waals surface area contributed by atoms with Crippen LogP contribution in [0.25, 0.3) is 0 Å². The zero-order chi connectivity index (χ0) is 18.5. The van der Waals surface area contributed by atoms with Gasteiger partial charge < -0.3 is 9.32 Å². The highest BCUT2D eigenvalue weighted by Crippen LogP contribution is 2.34. The number of carbonyl (C=O) groups excluding carboxylic acids is 1. The molecule has 0 atom stereocenters. The van der Waals surface area contributed by atoms with Crippen molar-refractivity contribution in [3.8, 4) is 0 Å². The largest absolute Gasteiger partial charge is 0.467 e. The number of furan rings is 1. The number of aliphatic imine (C=N–C) groups is 1. The van der Waals surface area contributed by atoms with Gasteiger partial charge in [-0.05, 0) is 49.4 Å². The molecule has 1 aliphatic carbocycles. The van der Waals surface area contributed by atoms with Crippen molar-refractivity contribution in [2.75, 3.05) is 5.75 Å². The van der Waals surface area contributed by atoms with Crippen LogP contribution in [0.2, 0.25) is 0 Å². The minimum Gasteiger partial charge on any atom is -0.467 e. The molecule has 6 heteroatoms. The van der Waals surface area contributed by atoms with E-state index in [4.69, 9.17) is 9.41 Å². The van der Waals surface area contributed by atoms with Gasteiger partial charge in [-0.25, -0.2) is 4.99 Å². The lowest BCUT2D eigenvalue weighted by molar-refractivity contribution is -0.127. The number of thioether (sulfide) groups is 2. The van der Waals surface area contributed by atoms with Crippen LogP contribution in [0.15, 0.2) is 63.8 Å². The molecular formula is C21H22N2O2S2. The second-order valence-corrected chi connectivity index (χ2v) is 8.77. The molecule has 0 bridgehead atoms. The predicted molar refractivity (Wildman–Crippen MR) is 113 cm³/mol. The summed E-state index contributed by atoms with van der Waals surface area (Å²) in [5, 5.41) is 0. The first-order chi connectivity index (χ1) is 13.3. The molecule has 2 heterocycles. The molecule has 0 saturated heterocycles. The number of carbonyl (C=O) groups is 1. The number of fused-ring (bicyclic) bond motifs is 1. The van der Waals surface area contributed by atoms with Crippen LogP contribution in [0.4, 0.5) is 5.69 Å². The van der Waals surface area contributed by atoms with Gasteiger partial charge in [0.25, 0.3) is 0 Å². The van der Waals surface area contributed by atoms with Gasteiger partial charge in [-0.15, -0.1) is 0 Å². The Hall–Kier alpha value is -1.92. The molecule has 0 radical (unpaired) electrons. The number of allylic oxidation sites excluding steroid dienone is 2. The first kappa shape index (κ1) is 18.4. The summed E-state index contributed by atoms with van der Waals surface area (Å²) in [6.07, 6.45) is 8.21. The van der Waals surface area contributed by atoms with Gasteiger partial charge in [0.2, 0.25) is 5.91 Å². The number of nitrogens with zero attached hydrogens (tertiary/aromatic N) is 2. The summed E-state index contributed by atoms with van der Waals surface area (Å²) in [5.74, 6) is 2.24. The minimum atomic E-state index is 0.117. The third kappa shape index (κ3) is 4.68. The summed E-state index contributed by atoms with van der Waals surface area (Å²) in [7, 11) is 0. The molecule has 27 heavy (non-hydrogen) atoms. The SMILES string of the molecule is O=C(CSC1=Nc2ccccc2CS1)N(Cc1ccco1)C1=CCCCC1. The molecular weight excluding hydrogens is 376 g/mol. The lowest BCUT2D eigenvalue weighted by Gasteiger charge is -2.27. The molecule has 1 aromatic carbocycles. The van der Waals surface area contributed by atoms with Crippen molar-refractivity contribution in [1.82, 2.24) is 4.90 Å². The lowest BCUT2D eigenvalue weighted by Crippen LogP contribution is -2.32. The summed E-state index contributed by atoms with van der Waals surface area (Å²) in [4.78, 5) is 19.6. The van der Waals surface area contributed by atoms with Gasteiger partial charge in [0.05, 0.1) is 24.2 Å². The molecule has 4 rings (SSSR count). The highest BCUT2D eigenvalue weighted by molar-refractivity contribution is 8.38. The monoisotopic (exact) mass is 398 g/mol. The number of benzene rings is 1. The minimum absolute atomic E-state index is 0.117. The van der Waals surface area contributed by atoms with Crippen molar-refractivity contribution >= 4 is 39.5 Å². The number of para-hydroxylation sites is 1. The van der Waals surface area contributed by atoms with Crippen molar-refractivity contribution in [2.45, 2.75) is 38.0 Å². The number of rotatable bonds is 5. The molecule has 1 aliphatic heterocycles. The standard InChI is InChI=1S/C21H22N2O2S2/c24-20(15-27-21-22-19-11-5-4-7-16(19)14-26-21)23(13-18-10-6-12-25-18)17-8-2-1-3-9-17/h4-8,10-12H,1-3,9,13-15H2. The Labute approximate surface area is 168 Å². The zero-order valence-electron chi connectivity index (χ0n) is 15.1. The fourth-order valence-electron chi connectivity index (χ4n) is 3.26. The van der Waals surface area contributed by atoms with E-state index in [1.165, 1.54) is 23.7 Å². The summed E-state index contributed by atoms with van der Waals surface area (Å²) < 4.78 is 6.45. The van der Waals surface area contributed by atoms with E-state index < -0.39 is 0 Å². The smallest absolute Gasteiger partial charge is 0.237 e. The van der Waals surface area contributed by atoms with Gasteiger partial charge in [0, 0.05) is 11.4 Å². The van der Waals surface area contributed by atoms with Gasteiger partial charge in [0.15, 0.2) is 0 Å². The van der Waals surface area contributed by atoms with E-state index in [9.17, 15) is 4.79 Å². The van der Waals surface area contributed by atoms with Crippen molar-refractivity contribution in [2.24, 2.45) is 4.99 Å². The molecule has 0 saturated carbocycles. The summed E-state index contributed by atoms with van der Waals surface area (Å²) >= 11 is 3.25. The van der Waals surface area contributed by atoms with Crippen LogP contribution in [0.1, 0.15) is 37.0 Å². The quantitative estimate of drug-likeness (QED) is 0.645. The predicted octanol–water partition coefficient (Wildman–Crippen LogP) is 5.73. The fourth-order valence-corrected chi connectivity index (χ4v) is 5.20. The van der Waals surface area contributed by atoms with Crippen LogP contribution in [-0.4, -0.2) is 20.9 Å². The maximum atomic E-state index is 13.0. The maximum Gasteiger partial charge on any atom is 0.237 e. The first-order valence-corrected chi connectivity index (χ1v) is 11.2. The van der Waals surface area contributed by atoms with E-state index in [0.717, 1.165) is 46.5 Å². The number of amides is 1. The average molecular weight is 399 g/mol. The van der Waals surface area contributed by atoms with Crippen molar-refractivity contribution < 1.29 is 9.21 Å². The third-order valence-electron chi connectivity index (χ3n) is 4.68. The Morgan fingerprint density at radius 3 is 2.96 bits per heavy atom. The molecule has 0 spiro atoms. The second-order valence-electron chi connectivity index (χ2n) is 6.58. The van der Waals surface area contributed by atoms with E-state index in [-0.39, 0.29) is 5.91 Å². The van der Waals surface area contributed by atoms with Crippen molar-refractivity contribution in [3.63, 3.8) is 0 Å². The topological polar surface area (TPSA) is 45.8 Å². The first-order valence-electron chi connectivity index (χ1n) is 9.23. The summed E-state index contributed by atoms with van der Waals surface area (Å²) in [6, 6.07) is 12.0. The third-order valence-corrected chi connectivity index (χ3v) is 6.91. The van der Waals surface area contributed by atoms with E-state index in [1.54, 1.807) is 18.0 Å². The van der Waals surface area contributed by atoms with Crippen LogP contribution >= 0.6 is 23.5 Å². The molecule has 1 amide bonds. The van der Waals surface area contributed by atoms with Crippen molar-refractivity contribution in [3.05, 3.63) is 65.8 Å². The average Bonchev–Trinajstić information content (AvgIpc) is 3.24. The molecule has 0 N–H and O–H groups in total. The number of hydrogen-bond acceptors (Lipinski definition) is 5. The Morgan fingerprint density at radius 2 is 2.15 bits per heavy atom. The highest BCUT2D eigenvalue weighted by atomic mass is 32.2. The molecule has 4 nitrogen and oxygen atoms in total. The summed E-state index contributed by atoms with van der Waals surface area (Å²) in [6.45, 7) is 0.501. The Kier molecular flexibility index (Phi) is 6.04. The van der Waals surface area contributed by atoms with Crippen LogP contribution in [0, 0.1) is 0 Å². The molecule has 2 aliphatic rings. The van der Waals surface area contributed by atoms with E-state index >= 15 is 0 Å². The zero-order valence-corrected chi connectivity index (χ0v) is 16.7. The van der Waals surface area contributed by atoms with Gasteiger partial charge in [0.1, 0.15) is 10.1 Å². The van der Waals surface area contributed by atoms with Crippen LogP contribution in [0.3, 0.4) is 0 Å². The van der Waals surface area contributed by atoms with Crippen LogP contribution in [-0.2, 0) is 17.1 Å². The van der Waals surface area contributed by atoms with Crippen LogP contribution in [0.5, 0.6) is 0 Å². The van der Waals surface area contributed by atoms with Gasteiger partial charge in [-0.2, -0.15) is 0 Å². The molecule has 1 aromatic heterocycles. The second kappa shape index (κ2) is 8.85. The fraction of sp³-hybridized carbons (Fsp3) is 0.333. The van der Waals surface area contributed by atoms with E-state index in [0.29, 0.717) is 12.3 Å². The van der Waals surface area contributed by atoms with Gasteiger partial charge >= 0.3 is 0 Å². The summed E-state index contributed by atoms with van der Waals surface area (Å²) in [5.41, 5.74) is 3.41. The Bertz CT molecular complexity index is 859. The Balaban J connectivity index is 1.44. The van der Waals surface area contributed by atoms with E-state index in [1.807, 2.05) is 35.2 Å². The Morgan fingerprint density at radius 1 is 1.22 bits per heavy atom. The normalized spacial score (nSPS) is 16.3. The van der Waals surface area contributed by atoms with Gasteiger partial charge in [-0.3, -0.25) is 4.79 Å². The molecule has 140 valence electrons. The molecule has 2 aromatic rings. The highest BCUT2D eigenvalue weighted by Gasteiger charge is 2.22. The maximum absolute atomic E-state index is 13.0. The molecule has 0 unspecified atom stereocenters. The lowest BCUT2D eigenvalue weighted by atomic mass is 10.0. The molecule has 0 fully saturated rings. The van der Waals surface area contributed by atoms with Crippen molar-refractivity contribution in [1.29, 1.82) is 0 Å². The van der Waals surface area contributed by atoms with E-state index in [2.05, 4.69) is 12.1 Å². The number of hydrogen-bond donors (Lipinski definition) is 0. The van der Waals surface area contributed by atoms with Gasteiger partial charge in [-0.1, -0.05) is 47.8 Å².